The number of pyridine rings is 1. The molecule has 2 aliphatic heterocycles. The van der Waals surface area contributed by atoms with Gasteiger partial charge in [0.25, 0.3) is 0 Å². The third-order valence-electron chi connectivity index (χ3n) is 6.22. The van der Waals surface area contributed by atoms with E-state index in [1.165, 1.54) is 10.4 Å². The van der Waals surface area contributed by atoms with Crippen LogP contribution in [0, 0.1) is 5.92 Å². The highest BCUT2D eigenvalue weighted by molar-refractivity contribution is 7.89. The van der Waals surface area contributed by atoms with E-state index in [0.29, 0.717) is 45.1 Å². The number of aromatic nitrogens is 1. The molecule has 2 aliphatic rings. The third-order valence-corrected chi connectivity index (χ3v) is 8.12. The van der Waals surface area contributed by atoms with E-state index in [2.05, 4.69) is 9.88 Å². The first kappa shape index (κ1) is 23.5. The molecule has 0 aliphatic carbocycles. The van der Waals surface area contributed by atoms with Crippen LogP contribution in [0.1, 0.15) is 18.4 Å². The van der Waals surface area contributed by atoms with E-state index in [1.54, 1.807) is 12.4 Å². The Kier molecular flexibility index (Phi) is 6.62. The van der Waals surface area contributed by atoms with E-state index in [-0.39, 0.29) is 29.8 Å². The molecule has 4 rings (SSSR count). The minimum Gasteiger partial charge on any atom is -0.368 e. The standard InChI is InChI=1S/C22H25F3N4O3S/c23-22(24,25)18-2-1-3-20(16-18)33(31,32)29-10-6-17(7-11-29)21(30)28-14-12-27(13-15-28)19-4-8-26-9-5-19/h1-5,8-9,16-17H,6-7,10-15H2. The van der Waals surface area contributed by atoms with Gasteiger partial charge < -0.3 is 9.80 Å². The van der Waals surface area contributed by atoms with Crippen molar-refractivity contribution >= 4 is 21.6 Å². The molecule has 2 saturated heterocycles. The average Bonchev–Trinajstić information content (AvgIpc) is 2.84. The summed E-state index contributed by atoms with van der Waals surface area (Å²) in [6.07, 6.45) is -0.461. The molecule has 0 unspecified atom stereocenters. The minimum atomic E-state index is -4.62. The van der Waals surface area contributed by atoms with Crippen LogP contribution >= 0.6 is 0 Å². The molecule has 0 bridgehead atoms. The Labute approximate surface area is 190 Å². The van der Waals surface area contributed by atoms with Gasteiger partial charge in [-0.25, -0.2) is 8.42 Å². The van der Waals surface area contributed by atoms with E-state index in [0.717, 1.165) is 17.8 Å². The fourth-order valence-electron chi connectivity index (χ4n) is 4.32. The lowest BCUT2D eigenvalue weighted by Gasteiger charge is -2.39. The number of halogens is 3. The van der Waals surface area contributed by atoms with E-state index in [9.17, 15) is 26.4 Å². The fraction of sp³-hybridized carbons (Fsp3) is 0.455. The molecule has 0 saturated carbocycles. The number of hydrogen-bond acceptors (Lipinski definition) is 5. The number of carbonyl (C=O) groups is 1. The van der Waals surface area contributed by atoms with Gasteiger partial charge in [-0.2, -0.15) is 17.5 Å². The second kappa shape index (κ2) is 9.30. The van der Waals surface area contributed by atoms with Gasteiger partial charge in [-0.3, -0.25) is 9.78 Å². The quantitative estimate of drug-likeness (QED) is 0.670. The number of alkyl halides is 3. The topological polar surface area (TPSA) is 73.8 Å². The molecule has 0 atom stereocenters. The Morgan fingerprint density at radius 1 is 0.939 bits per heavy atom. The van der Waals surface area contributed by atoms with Crippen molar-refractivity contribution in [2.45, 2.75) is 23.9 Å². The van der Waals surface area contributed by atoms with Crippen LogP contribution in [0.4, 0.5) is 18.9 Å². The van der Waals surface area contributed by atoms with Crippen LogP contribution in [0.15, 0.2) is 53.7 Å². The van der Waals surface area contributed by atoms with E-state index in [4.69, 9.17) is 0 Å². The molecule has 11 heteroatoms. The molecular weight excluding hydrogens is 457 g/mol. The number of benzene rings is 1. The Balaban J connectivity index is 1.34. The smallest absolute Gasteiger partial charge is 0.368 e. The van der Waals surface area contributed by atoms with Gasteiger partial charge >= 0.3 is 6.18 Å². The minimum absolute atomic E-state index is 0.0143. The van der Waals surface area contributed by atoms with Gasteiger partial charge in [0, 0.05) is 63.3 Å². The summed E-state index contributed by atoms with van der Waals surface area (Å²) < 4.78 is 65.9. The Morgan fingerprint density at radius 2 is 1.58 bits per heavy atom. The molecule has 178 valence electrons. The van der Waals surface area contributed by atoms with Gasteiger partial charge in [0.2, 0.25) is 15.9 Å². The molecule has 3 heterocycles. The monoisotopic (exact) mass is 482 g/mol. The molecule has 0 radical (unpaired) electrons. The highest BCUT2D eigenvalue weighted by atomic mass is 32.2. The highest BCUT2D eigenvalue weighted by Gasteiger charge is 2.36. The van der Waals surface area contributed by atoms with Crippen LogP contribution in [0.3, 0.4) is 0 Å². The maximum atomic E-state index is 13.0. The van der Waals surface area contributed by atoms with Crippen molar-refractivity contribution in [1.29, 1.82) is 0 Å². The van der Waals surface area contributed by atoms with Crippen molar-refractivity contribution in [2.75, 3.05) is 44.2 Å². The maximum Gasteiger partial charge on any atom is 0.416 e. The number of nitrogens with zero attached hydrogens (tertiary/aromatic N) is 4. The van der Waals surface area contributed by atoms with Gasteiger partial charge in [-0.15, -0.1) is 0 Å². The second-order valence-corrected chi connectivity index (χ2v) is 10.2. The van der Waals surface area contributed by atoms with Crippen molar-refractivity contribution in [2.24, 2.45) is 5.92 Å². The molecule has 33 heavy (non-hydrogen) atoms. The first-order valence-electron chi connectivity index (χ1n) is 10.8. The summed E-state index contributed by atoms with van der Waals surface area (Å²) in [5.41, 5.74) is 0.0600. The Morgan fingerprint density at radius 3 is 2.18 bits per heavy atom. The molecule has 1 aromatic carbocycles. The Hall–Kier alpha value is -2.66. The lowest BCUT2D eigenvalue weighted by molar-refractivity contribution is -0.138. The number of hydrogen-bond donors (Lipinski definition) is 0. The third kappa shape index (κ3) is 5.14. The van der Waals surface area contributed by atoms with E-state index >= 15 is 0 Å². The summed E-state index contributed by atoms with van der Waals surface area (Å²) in [5, 5.41) is 0. The van der Waals surface area contributed by atoms with E-state index < -0.39 is 21.8 Å². The van der Waals surface area contributed by atoms with Gasteiger partial charge in [0.1, 0.15) is 0 Å². The molecule has 2 aromatic rings. The Bertz CT molecular complexity index is 1080. The van der Waals surface area contributed by atoms with Crippen molar-refractivity contribution in [1.82, 2.24) is 14.2 Å². The van der Waals surface area contributed by atoms with Crippen molar-refractivity contribution in [3.63, 3.8) is 0 Å². The summed E-state index contributed by atoms with van der Waals surface area (Å²) in [4.78, 5) is 20.6. The normalized spacial score (nSPS) is 19.0. The van der Waals surface area contributed by atoms with Gasteiger partial charge in [0.15, 0.2) is 0 Å². The highest BCUT2D eigenvalue weighted by Crippen LogP contribution is 2.32. The molecule has 1 amide bonds. The maximum absolute atomic E-state index is 13.0. The average molecular weight is 483 g/mol. The van der Waals surface area contributed by atoms with Crippen LogP contribution in [0.25, 0.3) is 0 Å². The largest absolute Gasteiger partial charge is 0.416 e. The van der Waals surface area contributed by atoms with E-state index in [1.807, 2.05) is 17.0 Å². The summed E-state index contributed by atoms with van der Waals surface area (Å²) >= 11 is 0. The summed E-state index contributed by atoms with van der Waals surface area (Å²) in [6.45, 7) is 2.79. The van der Waals surface area contributed by atoms with Crippen molar-refractivity contribution in [3.8, 4) is 0 Å². The van der Waals surface area contributed by atoms with Crippen LogP contribution < -0.4 is 4.90 Å². The summed E-state index contributed by atoms with van der Waals surface area (Å²) in [7, 11) is -4.06. The fourth-order valence-corrected chi connectivity index (χ4v) is 5.84. The SMILES string of the molecule is O=C(C1CCN(S(=O)(=O)c2cccc(C(F)(F)F)c2)CC1)N1CCN(c2ccncc2)CC1. The molecule has 2 fully saturated rings. The van der Waals surface area contributed by atoms with Gasteiger partial charge in [-0.1, -0.05) is 6.07 Å². The lowest BCUT2D eigenvalue weighted by atomic mass is 9.96. The number of piperidine rings is 1. The zero-order valence-electron chi connectivity index (χ0n) is 17.9. The molecular formula is C22H25F3N4O3S. The van der Waals surface area contributed by atoms with Crippen molar-refractivity contribution in [3.05, 3.63) is 54.4 Å². The number of carbonyl (C=O) groups excluding carboxylic acids is 1. The van der Waals surface area contributed by atoms with Crippen LogP contribution in [-0.4, -0.2) is 67.8 Å². The first-order chi connectivity index (χ1) is 15.7. The number of piperazine rings is 1. The number of anilines is 1. The van der Waals surface area contributed by atoms with Crippen LogP contribution in [0.5, 0.6) is 0 Å². The zero-order valence-corrected chi connectivity index (χ0v) is 18.7. The predicted octanol–water partition coefficient (Wildman–Crippen LogP) is 2.85. The summed E-state index contributed by atoms with van der Waals surface area (Å²) in [6, 6.07) is 7.63. The molecule has 0 N–H and O–H groups in total. The first-order valence-corrected chi connectivity index (χ1v) is 12.2. The zero-order chi connectivity index (χ0) is 23.6. The molecule has 0 spiro atoms. The molecule has 7 nitrogen and oxygen atoms in total. The lowest BCUT2D eigenvalue weighted by Crippen LogP contribution is -2.52. The number of sulfonamides is 1. The van der Waals surface area contributed by atoms with Crippen molar-refractivity contribution < 1.29 is 26.4 Å². The predicted molar refractivity (Wildman–Crippen MR) is 116 cm³/mol. The molecule has 1 aromatic heterocycles. The number of amides is 1. The van der Waals surface area contributed by atoms with Gasteiger partial charge in [-0.05, 0) is 43.2 Å². The second-order valence-electron chi connectivity index (χ2n) is 8.22. The van der Waals surface area contributed by atoms with Gasteiger partial charge in [0.05, 0.1) is 10.5 Å². The number of rotatable bonds is 4. The summed E-state index contributed by atoms with van der Waals surface area (Å²) in [5.74, 6) is -0.272. The van der Waals surface area contributed by atoms with Crippen LogP contribution in [-0.2, 0) is 21.0 Å². The van der Waals surface area contributed by atoms with Crippen LogP contribution in [0.2, 0.25) is 0 Å².